The van der Waals surface area contributed by atoms with Crippen LogP contribution in [-0.4, -0.2) is 46.3 Å². The monoisotopic (exact) mass is 517 g/mol. The molecule has 0 fully saturated rings. The van der Waals surface area contributed by atoms with Crippen molar-refractivity contribution in [3.63, 3.8) is 0 Å². The molecule has 2 heterocycles. The first-order valence-corrected chi connectivity index (χ1v) is 11.6. The fourth-order valence-electron chi connectivity index (χ4n) is 3.86. The molecule has 0 radical (unpaired) electrons. The van der Waals surface area contributed by atoms with E-state index in [2.05, 4.69) is 10.3 Å². The quantitative estimate of drug-likeness (QED) is 0.376. The number of pyridine rings is 1. The van der Waals surface area contributed by atoms with Crippen LogP contribution in [0.3, 0.4) is 0 Å². The van der Waals surface area contributed by atoms with Crippen molar-refractivity contribution in [2.45, 2.75) is 58.9 Å². The van der Waals surface area contributed by atoms with Crippen LogP contribution < -0.4 is 5.32 Å². The Bertz CT molecular complexity index is 1340. The predicted octanol–water partition coefficient (Wildman–Crippen LogP) is 6.20. The summed E-state index contributed by atoms with van der Waals surface area (Å²) >= 11 is 0. The van der Waals surface area contributed by atoms with E-state index in [4.69, 9.17) is 9.47 Å². The molecule has 0 aliphatic heterocycles. The molecular weight excluding hydrogens is 487 g/mol. The third-order valence-corrected chi connectivity index (χ3v) is 5.37. The fraction of sp³-hybridized carbons (Fsp3) is 0.370. The van der Waals surface area contributed by atoms with E-state index in [1.165, 1.54) is 7.11 Å². The first kappa shape index (κ1) is 27.8. The van der Waals surface area contributed by atoms with Gasteiger partial charge < -0.3 is 14.8 Å². The maximum atomic E-state index is 13.4. The maximum Gasteiger partial charge on any atom is 0.391 e. The molecule has 1 atom stereocenters. The van der Waals surface area contributed by atoms with Gasteiger partial charge in [-0.15, -0.1) is 0 Å². The Hall–Kier alpha value is -3.82. The number of methoxy groups -OCH3 is 1. The topological polar surface area (TPSA) is 81.9 Å². The molecule has 1 N–H and O–H groups in total. The molecule has 0 saturated carbocycles. The number of hydrogen-bond acceptors (Lipinski definition) is 6. The Labute approximate surface area is 213 Å². The van der Waals surface area contributed by atoms with Crippen molar-refractivity contribution in [2.75, 3.05) is 12.4 Å². The summed E-state index contributed by atoms with van der Waals surface area (Å²) in [5.41, 5.74) is 2.78. The number of aromatic nitrogens is 2. The number of benzene rings is 1. The summed E-state index contributed by atoms with van der Waals surface area (Å²) in [6, 6.07) is 5.15. The molecule has 0 saturated heterocycles. The summed E-state index contributed by atoms with van der Waals surface area (Å²) in [5, 5.41) is 2.73. The van der Waals surface area contributed by atoms with Crippen molar-refractivity contribution in [2.24, 2.45) is 0 Å². The van der Waals surface area contributed by atoms with Crippen molar-refractivity contribution >= 4 is 29.3 Å². The minimum Gasteiger partial charge on any atom is -0.465 e. The molecule has 3 rings (SSSR count). The van der Waals surface area contributed by atoms with Gasteiger partial charge >= 0.3 is 18.1 Å². The summed E-state index contributed by atoms with van der Waals surface area (Å²) in [6.45, 7) is 8.37. The SMILES string of the molecule is C/C=C/c1cc(NC(CC(F)(F)F)C(=O)OC(C)(C)C)c2ncc(-c3ccc(C(=O)OC)c(C)c3)n2c1. The van der Waals surface area contributed by atoms with E-state index in [0.29, 0.717) is 28.0 Å². The molecule has 0 aliphatic carbocycles. The first-order chi connectivity index (χ1) is 17.2. The Morgan fingerprint density at radius 3 is 2.46 bits per heavy atom. The second-order valence-electron chi connectivity index (χ2n) is 9.60. The van der Waals surface area contributed by atoms with Crippen LogP contribution in [0.15, 0.2) is 42.7 Å². The molecule has 3 aromatic rings. The smallest absolute Gasteiger partial charge is 0.391 e. The lowest BCUT2D eigenvalue weighted by Gasteiger charge is -2.26. The summed E-state index contributed by atoms with van der Waals surface area (Å²) < 4.78 is 51.9. The van der Waals surface area contributed by atoms with E-state index in [-0.39, 0.29) is 5.69 Å². The van der Waals surface area contributed by atoms with Crippen LogP contribution in [0.1, 0.15) is 55.6 Å². The number of nitrogens with one attached hydrogen (secondary N) is 1. The number of imidazole rings is 1. The summed E-state index contributed by atoms with van der Waals surface area (Å²) in [5.74, 6) is -1.47. The maximum absolute atomic E-state index is 13.4. The van der Waals surface area contributed by atoms with Crippen molar-refractivity contribution in [3.05, 3.63) is 59.4 Å². The van der Waals surface area contributed by atoms with Gasteiger partial charge in [0.2, 0.25) is 0 Å². The van der Waals surface area contributed by atoms with E-state index in [1.807, 2.05) is 6.92 Å². The number of allylic oxidation sites excluding steroid dienone is 1. The highest BCUT2D eigenvalue weighted by atomic mass is 19.4. The van der Waals surface area contributed by atoms with Gasteiger partial charge in [0.1, 0.15) is 11.6 Å². The third-order valence-electron chi connectivity index (χ3n) is 5.37. The van der Waals surface area contributed by atoms with Crippen molar-refractivity contribution < 1.29 is 32.2 Å². The Morgan fingerprint density at radius 2 is 1.89 bits per heavy atom. The number of ether oxygens (including phenoxy) is 2. The number of carbonyl (C=O) groups is 2. The standard InChI is InChI=1S/C27H30F3N3O4/c1-7-8-17-12-20(32-21(13-27(28,29)30)25(35)37-26(3,4)5)23-31-14-22(33(23)15-17)18-9-10-19(16(2)11-18)24(34)36-6/h7-12,14-15,21,32H,13H2,1-6H3/b8-7+. The van der Waals surface area contributed by atoms with Gasteiger partial charge in [0.25, 0.3) is 0 Å². The molecule has 0 amide bonds. The average Bonchev–Trinajstić information content (AvgIpc) is 3.20. The zero-order chi connectivity index (χ0) is 27.5. The van der Waals surface area contributed by atoms with Crippen LogP contribution in [0.25, 0.3) is 23.0 Å². The third kappa shape index (κ3) is 6.90. The summed E-state index contributed by atoms with van der Waals surface area (Å²) in [4.78, 5) is 29.1. The minimum absolute atomic E-state index is 0.241. The van der Waals surface area contributed by atoms with Gasteiger partial charge in [-0.05, 0) is 63.9 Å². The van der Waals surface area contributed by atoms with Gasteiger partial charge in [-0.2, -0.15) is 13.2 Å². The Kier molecular flexibility index (Phi) is 8.00. The zero-order valence-corrected chi connectivity index (χ0v) is 21.6. The molecule has 7 nitrogen and oxygen atoms in total. The molecule has 0 bridgehead atoms. The minimum atomic E-state index is -4.61. The largest absolute Gasteiger partial charge is 0.465 e. The Morgan fingerprint density at radius 1 is 1.19 bits per heavy atom. The number of rotatable bonds is 7. The van der Waals surface area contributed by atoms with Crippen molar-refractivity contribution in [1.29, 1.82) is 0 Å². The number of anilines is 1. The lowest BCUT2D eigenvalue weighted by atomic mass is 10.0. The molecule has 198 valence electrons. The van der Waals surface area contributed by atoms with E-state index in [1.54, 1.807) is 80.9 Å². The lowest BCUT2D eigenvalue weighted by Crippen LogP contribution is -2.39. The predicted molar refractivity (Wildman–Crippen MR) is 135 cm³/mol. The van der Waals surface area contributed by atoms with Gasteiger partial charge in [0.15, 0.2) is 5.65 Å². The second-order valence-corrected chi connectivity index (χ2v) is 9.60. The van der Waals surface area contributed by atoms with Gasteiger partial charge in [-0.25, -0.2) is 14.6 Å². The molecule has 1 aromatic carbocycles. The molecule has 37 heavy (non-hydrogen) atoms. The van der Waals surface area contributed by atoms with Crippen LogP contribution in [0, 0.1) is 6.92 Å². The van der Waals surface area contributed by atoms with Gasteiger partial charge in [-0.3, -0.25) is 4.40 Å². The molecular formula is C27H30F3N3O4. The Balaban J connectivity index is 2.11. The highest BCUT2D eigenvalue weighted by Gasteiger charge is 2.38. The lowest BCUT2D eigenvalue weighted by molar-refractivity contribution is -0.167. The van der Waals surface area contributed by atoms with Crippen LogP contribution >= 0.6 is 0 Å². The number of alkyl halides is 3. The van der Waals surface area contributed by atoms with Gasteiger partial charge in [0, 0.05) is 11.8 Å². The van der Waals surface area contributed by atoms with Gasteiger partial charge in [-0.1, -0.05) is 18.2 Å². The number of halogens is 3. The highest BCUT2D eigenvalue weighted by molar-refractivity contribution is 5.92. The molecule has 0 aliphatic rings. The number of esters is 2. The van der Waals surface area contributed by atoms with E-state index in [9.17, 15) is 22.8 Å². The van der Waals surface area contributed by atoms with Crippen LogP contribution in [0.5, 0.6) is 0 Å². The van der Waals surface area contributed by atoms with Crippen LogP contribution in [0.2, 0.25) is 0 Å². The number of aryl methyl sites for hydroxylation is 1. The number of carbonyl (C=O) groups excluding carboxylic acids is 2. The zero-order valence-electron chi connectivity index (χ0n) is 21.6. The van der Waals surface area contributed by atoms with Gasteiger partial charge in [0.05, 0.1) is 36.7 Å². The fourth-order valence-corrected chi connectivity index (χ4v) is 3.86. The summed E-state index contributed by atoms with van der Waals surface area (Å²) in [6.07, 6.45) is 0.927. The molecule has 1 unspecified atom stereocenters. The molecule has 10 heteroatoms. The van der Waals surface area contributed by atoms with Crippen molar-refractivity contribution in [1.82, 2.24) is 9.38 Å². The summed E-state index contributed by atoms with van der Waals surface area (Å²) in [7, 11) is 1.31. The number of hydrogen-bond donors (Lipinski definition) is 1. The van der Waals surface area contributed by atoms with E-state index in [0.717, 1.165) is 5.56 Å². The second kappa shape index (κ2) is 10.7. The van der Waals surface area contributed by atoms with E-state index >= 15 is 0 Å². The molecule has 0 spiro atoms. The number of fused-ring (bicyclic) bond motifs is 1. The first-order valence-electron chi connectivity index (χ1n) is 11.6. The highest BCUT2D eigenvalue weighted by Crippen LogP contribution is 2.31. The van der Waals surface area contributed by atoms with Crippen molar-refractivity contribution in [3.8, 4) is 11.3 Å². The molecule has 2 aromatic heterocycles. The average molecular weight is 518 g/mol. The van der Waals surface area contributed by atoms with Crippen LogP contribution in [0.4, 0.5) is 18.9 Å². The number of nitrogens with zero attached hydrogens (tertiary/aromatic N) is 2. The van der Waals surface area contributed by atoms with E-state index < -0.39 is 36.2 Å². The normalized spacial score (nSPS) is 13.1. The van der Waals surface area contributed by atoms with Crippen LogP contribution in [-0.2, 0) is 14.3 Å².